The maximum Gasteiger partial charge on any atom is 0.407 e. The zero-order valence-electron chi connectivity index (χ0n) is 16.4. The van der Waals surface area contributed by atoms with Crippen LogP contribution in [-0.2, 0) is 0 Å². The van der Waals surface area contributed by atoms with Gasteiger partial charge in [0.1, 0.15) is 17.1 Å². The van der Waals surface area contributed by atoms with Crippen molar-refractivity contribution in [2.75, 3.05) is 25.5 Å². The highest BCUT2D eigenvalue weighted by molar-refractivity contribution is 6.00. The summed E-state index contributed by atoms with van der Waals surface area (Å²) < 4.78 is 5.51. The third-order valence-electron chi connectivity index (χ3n) is 5.15. The maximum atomic E-state index is 11.3. The molecule has 1 amide bonds. The van der Waals surface area contributed by atoms with Gasteiger partial charge in [-0.15, -0.1) is 10.2 Å². The van der Waals surface area contributed by atoms with Gasteiger partial charge >= 0.3 is 6.09 Å². The highest BCUT2D eigenvalue weighted by Crippen LogP contribution is 2.34. The van der Waals surface area contributed by atoms with Crippen LogP contribution in [0, 0.1) is 6.92 Å². The molecule has 0 spiro atoms. The van der Waals surface area contributed by atoms with Crippen LogP contribution in [-0.4, -0.2) is 57.5 Å². The van der Waals surface area contributed by atoms with E-state index in [0.29, 0.717) is 36.0 Å². The zero-order chi connectivity index (χ0) is 20.4. The Kier molecular flexibility index (Phi) is 5.16. The van der Waals surface area contributed by atoms with Crippen LogP contribution in [0.4, 0.5) is 10.6 Å². The average Bonchev–Trinajstić information content (AvgIpc) is 2.74. The molecule has 1 fully saturated rings. The molecule has 3 heterocycles. The number of carbonyl (C=O) groups is 1. The van der Waals surface area contributed by atoms with Crippen LogP contribution in [0.1, 0.15) is 18.4 Å². The van der Waals surface area contributed by atoms with Crippen molar-refractivity contribution in [2.45, 2.75) is 25.8 Å². The van der Waals surface area contributed by atoms with Crippen molar-refractivity contribution in [3.8, 4) is 17.1 Å². The summed E-state index contributed by atoms with van der Waals surface area (Å²) in [7, 11) is 1.61. The third-order valence-corrected chi connectivity index (χ3v) is 5.15. The van der Waals surface area contributed by atoms with E-state index in [9.17, 15) is 9.90 Å². The predicted molar refractivity (Wildman–Crippen MR) is 110 cm³/mol. The number of nitrogens with zero attached hydrogens (tertiary/aromatic N) is 4. The Balaban J connectivity index is 1.72. The van der Waals surface area contributed by atoms with Crippen molar-refractivity contribution >= 4 is 22.7 Å². The van der Waals surface area contributed by atoms with Gasteiger partial charge in [-0.05, 0) is 31.4 Å². The molecule has 2 N–H and O–H groups in total. The van der Waals surface area contributed by atoms with E-state index in [0.717, 1.165) is 29.2 Å². The summed E-state index contributed by atoms with van der Waals surface area (Å²) >= 11 is 0. The first-order valence-electron chi connectivity index (χ1n) is 9.57. The summed E-state index contributed by atoms with van der Waals surface area (Å²) in [6.45, 7) is 2.96. The molecule has 1 aromatic carbocycles. The minimum Gasteiger partial charge on any atom is -0.494 e. The molecule has 1 atom stereocenters. The van der Waals surface area contributed by atoms with Crippen LogP contribution in [0.15, 0.2) is 36.5 Å². The largest absolute Gasteiger partial charge is 0.494 e. The van der Waals surface area contributed by atoms with Crippen molar-refractivity contribution in [1.82, 2.24) is 20.1 Å². The van der Waals surface area contributed by atoms with Gasteiger partial charge in [0.2, 0.25) is 0 Å². The second kappa shape index (κ2) is 7.90. The molecule has 8 nitrogen and oxygen atoms in total. The first-order chi connectivity index (χ1) is 14.1. The number of hydrogen-bond donors (Lipinski definition) is 2. The molecule has 4 rings (SSSR count). The van der Waals surface area contributed by atoms with Gasteiger partial charge in [-0.2, -0.15) is 0 Å². The third kappa shape index (κ3) is 3.78. The number of likely N-dealkylation sites (tertiary alicyclic amines) is 1. The van der Waals surface area contributed by atoms with Crippen LogP contribution >= 0.6 is 0 Å². The summed E-state index contributed by atoms with van der Waals surface area (Å²) in [4.78, 5) is 17.3. The van der Waals surface area contributed by atoms with E-state index in [-0.39, 0.29) is 6.04 Å². The summed E-state index contributed by atoms with van der Waals surface area (Å²) in [5, 5.41) is 23.4. The topological polar surface area (TPSA) is 100 Å². The number of nitrogens with one attached hydrogen (secondary N) is 1. The highest BCUT2D eigenvalue weighted by atomic mass is 16.5. The fourth-order valence-electron chi connectivity index (χ4n) is 3.72. The normalized spacial score (nSPS) is 16.6. The van der Waals surface area contributed by atoms with E-state index in [4.69, 9.17) is 4.74 Å². The van der Waals surface area contributed by atoms with Crippen LogP contribution in [0.2, 0.25) is 0 Å². The van der Waals surface area contributed by atoms with E-state index in [1.54, 1.807) is 13.3 Å². The summed E-state index contributed by atoms with van der Waals surface area (Å²) in [6, 6.07) is 9.78. The van der Waals surface area contributed by atoms with Crippen LogP contribution in [0.25, 0.3) is 22.2 Å². The molecule has 1 unspecified atom stereocenters. The molecule has 0 radical (unpaired) electrons. The molecule has 0 saturated carbocycles. The number of piperidine rings is 1. The molecule has 1 saturated heterocycles. The summed E-state index contributed by atoms with van der Waals surface area (Å²) in [5.41, 5.74) is 2.29. The number of anilines is 1. The summed E-state index contributed by atoms with van der Waals surface area (Å²) in [6.07, 6.45) is 2.59. The fraction of sp³-hybridized carbons (Fsp3) is 0.333. The van der Waals surface area contributed by atoms with Crippen molar-refractivity contribution in [1.29, 1.82) is 0 Å². The number of benzene rings is 1. The van der Waals surface area contributed by atoms with Crippen LogP contribution in [0.3, 0.4) is 0 Å². The second-order valence-corrected chi connectivity index (χ2v) is 7.22. The van der Waals surface area contributed by atoms with E-state index < -0.39 is 6.09 Å². The number of carboxylic acid groups (broad SMARTS) is 1. The number of pyridine rings is 1. The molecule has 2 aromatic heterocycles. The molecule has 29 heavy (non-hydrogen) atoms. The number of fused-ring (bicyclic) bond motifs is 1. The lowest BCUT2D eigenvalue weighted by Gasteiger charge is -2.31. The minimum absolute atomic E-state index is 0.00422. The average molecular weight is 393 g/mol. The number of aromatic nitrogens is 3. The first kappa shape index (κ1) is 18.9. The van der Waals surface area contributed by atoms with Gasteiger partial charge in [0.15, 0.2) is 5.82 Å². The Labute approximate surface area is 168 Å². The number of amides is 1. The zero-order valence-corrected chi connectivity index (χ0v) is 16.4. The molecular weight excluding hydrogens is 370 g/mol. The highest BCUT2D eigenvalue weighted by Gasteiger charge is 2.24. The number of methoxy groups -OCH3 is 1. The Bertz CT molecular complexity index is 1060. The van der Waals surface area contributed by atoms with Crippen molar-refractivity contribution in [3.63, 3.8) is 0 Å². The van der Waals surface area contributed by atoms with Gasteiger partial charge in [0.05, 0.1) is 7.11 Å². The van der Waals surface area contributed by atoms with Crippen molar-refractivity contribution in [3.05, 3.63) is 42.1 Å². The number of ether oxygens (including phenoxy) is 1. The first-order valence-corrected chi connectivity index (χ1v) is 9.57. The molecule has 1 aliphatic heterocycles. The van der Waals surface area contributed by atoms with E-state index in [1.165, 1.54) is 4.90 Å². The van der Waals surface area contributed by atoms with Gasteiger partial charge < -0.3 is 20.1 Å². The molecule has 150 valence electrons. The van der Waals surface area contributed by atoms with Crippen molar-refractivity contribution in [2.24, 2.45) is 0 Å². The minimum atomic E-state index is -0.889. The lowest BCUT2D eigenvalue weighted by atomic mass is 10.0. The molecule has 8 heteroatoms. The Morgan fingerprint density at radius 2 is 2.03 bits per heavy atom. The van der Waals surface area contributed by atoms with E-state index in [1.807, 2.05) is 37.3 Å². The smallest absolute Gasteiger partial charge is 0.407 e. The van der Waals surface area contributed by atoms with E-state index >= 15 is 0 Å². The van der Waals surface area contributed by atoms with Gasteiger partial charge in [0.25, 0.3) is 0 Å². The molecule has 0 bridgehead atoms. The van der Waals surface area contributed by atoms with Gasteiger partial charge in [-0.3, -0.25) is 4.98 Å². The van der Waals surface area contributed by atoms with Crippen molar-refractivity contribution < 1.29 is 14.6 Å². The molecule has 0 aliphatic carbocycles. The Morgan fingerprint density at radius 3 is 2.79 bits per heavy atom. The Hall–Kier alpha value is -3.42. The standard InChI is InChI=1S/C21H23N5O3/c1-13-10-17(29-2)19(22-11-13)18-15-7-3-4-8-16(15)20(25-24-18)23-14-6-5-9-26(12-14)21(27)28/h3-4,7-8,10-11,14H,5-6,9,12H2,1-2H3,(H,23,25)(H,27,28). The monoisotopic (exact) mass is 393 g/mol. The number of aryl methyl sites for hydroxylation is 1. The SMILES string of the molecule is COc1cc(C)cnc1-c1nnc(NC2CCCN(C(=O)O)C2)c2ccccc12. The lowest BCUT2D eigenvalue weighted by Crippen LogP contribution is -2.44. The lowest BCUT2D eigenvalue weighted by molar-refractivity contribution is 0.133. The fourth-order valence-corrected chi connectivity index (χ4v) is 3.72. The van der Waals surface area contributed by atoms with E-state index in [2.05, 4.69) is 20.5 Å². The van der Waals surface area contributed by atoms with Gasteiger partial charge in [-0.25, -0.2) is 4.79 Å². The second-order valence-electron chi connectivity index (χ2n) is 7.22. The maximum absolute atomic E-state index is 11.3. The molecular formula is C21H23N5O3. The number of hydrogen-bond acceptors (Lipinski definition) is 6. The van der Waals surface area contributed by atoms with Gasteiger partial charge in [-0.1, -0.05) is 24.3 Å². The van der Waals surface area contributed by atoms with Crippen LogP contribution < -0.4 is 10.1 Å². The van der Waals surface area contributed by atoms with Crippen LogP contribution in [0.5, 0.6) is 5.75 Å². The number of rotatable bonds is 4. The molecule has 1 aliphatic rings. The summed E-state index contributed by atoms with van der Waals surface area (Å²) in [5.74, 6) is 1.29. The quantitative estimate of drug-likeness (QED) is 0.699. The van der Waals surface area contributed by atoms with Gasteiger partial charge in [0, 0.05) is 36.1 Å². The molecule has 3 aromatic rings. The predicted octanol–water partition coefficient (Wildman–Crippen LogP) is 3.56. The Morgan fingerprint density at radius 1 is 1.24 bits per heavy atom.